The Morgan fingerprint density at radius 1 is 1.21 bits per heavy atom. The largest absolute Gasteiger partial charge is 0.497 e. The maximum Gasteiger partial charge on any atom is 0.230 e. The zero-order chi connectivity index (χ0) is 20.8. The molecule has 1 aromatic heterocycles. The van der Waals surface area contributed by atoms with Gasteiger partial charge in [-0.2, -0.15) is 0 Å². The van der Waals surface area contributed by atoms with Crippen molar-refractivity contribution in [1.82, 2.24) is 4.98 Å². The van der Waals surface area contributed by atoms with Gasteiger partial charge in [-0.05, 0) is 48.9 Å². The number of aromatic nitrogens is 1. The van der Waals surface area contributed by atoms with Crippen LogP contribution in [0, 0.1) is 6.92 Å². The first kappa shape index (κ1) is 21.4. The first-order chi connectivity index (χ1) is 13.9. The molecule has 2 aromatic carbocycles. The number of hydrogen-bond donors (Lipinski definition) is 1. The lowest BCUT2D eigenvalue weighted by molar-refractivity contribution is -0.115. The van der Waals surface area contributed by atoms with Crippen LogP contribution in [-0.4, -0.2) is 29.5 Å². The van der Waals surface area contributed by atoms with Gasteiger partial charge in [0.25, 0.3) is 0 Å². The number of rotatable bonds is 8. The van der Waals surface area contributed by atoms with Crippen LogP contribution in [0.5, 0.6) is 5.75 Å². The summed E-state index contributed by atoms with van der Waals surface area (Å²) in [4.78, 5) is 29.0. The summed E-state index contributed by atoms with van der Waals surface area (Å²) in [6.07, 6.45) is 0.162. The highest BCUT2D eigenvalue weighted by atomic mass is 35.5. The number of benzene rings is 2. The van der Waals surface area contributed by atoms with Crippen LogP contribution in [-0.2, 0) is 11.2 Å². The number of thioether (sulfide) groups is 1. The fourth-order valence-corrected chi connectivity index (χ4v) is 4.42. The second-order valence-electron chi connectivity index (χ2n) is 6.23. The second kappa shape index (κ2) is 9.91. The van der Waals surface area contributed by atoms with E-state index in [-0.39, 0.29) is 23.9 Å². The Hall–Kier alpha value is -2.35. The summed E-state index contributed by atoms with van der Waals surface area (Å²) in [7, 11) is 1.59. The predicted molar refractivity (Wildman–Crippen MR) is 119 cm³/mol. The van der Waals surface area contributed by atoms with Crippen LogP contribution in [0.1, 0.15) is 21.6 Å². The minimum Gasteiger partial charge on any atom is -0.497 e. The lowest BCUT2D eigenvalue weighted by Gasteiger charge is -2.08. The van der Waals surface area contributed by atoms with Gasteiger partial charge in [0, 0.05) is 21.7 Å². The molecule has 1 N–H and O–H groups in total. The van der Waals surface area contributed by atoms with Gasteiger partial charge in [0.15, 0.2) is 10.1 Å². The number of amides is 1. The van der Waals surface area contributed by atoms with Gasteiger partial charge in [0.2, 0.25) is 5.91 Å². The first-order valence-corrected chi connectivity index (χ1v) is 11.0. The zero-order valence-electron chi connectivity index (χ0n) is 15.9. The Balaban J connectivity index is 1.52. The number of ketones is 1. The van der Waals surface area contributed by atoms with Crippen molar-refractivity contribution < 1.29 is 14.3 Å². The number of halogens is 1. The molecule has 1 heterocycles. The molecule has 0 atom stereocenters. The second-order valence-corrected chi connectivity index (χ2v) is 8.75. The third-order valence-corrected chi connectivity index (χ3v) is 6.39. The van der Waals surface area contributed by atoms with Crippen LogP contribution in [0.3, 0.4) is 0 Å². The van der Waals surface area contributed by atoms with Gasteiger partial charge in [-0.1, -0.05) is 29.4 Å². The van der Waals surface area contributed by atoms with E-state index in [1.807, 2.05) is 18.4 Å². The van der Waals surface area contributed by atoms with Crippen molar-refractivity contribution in [3.63, 3.8) is 0 Å². The van der Waals surface area contributed by atoms with Crippen molar-refractivity contribution >= 4 is 52.1 Å². The van der Waals surface area contributed by atoms with E-state index >= 15 is 0 Å². The average molecular weight is 447 g/mol. The molecule has 0 fully saturated rings. The standard InChI is InChI=1S/C21H19ClN2O3S2/c1-13-3-6-15(22)9-18(13)24-20(26)10-16-11-28-21(23-16)29-12-19(25)14-4-7-17(27-2)8-5-14/h3-9,11H,10,12H2,1-2H3,(H,24,26). The molecule has 3 rings (SSSR count). The summed E-state index contributed by atoms with van der Waals surface area (Å²) in [5.74, 6) is 0.854. The van der Waals surface area contributed by atoms with Crippen LogP contribution >= 0.6 is 34.7 Å². The number of nitrogens with one attached hydrogen (secondary N) is 1. The van der Waals surface area contributed by atoms with Crippen LogP contribution in [0.15, 0.2) is 52.2 Å². The molecule has 3 aromatic rings. The number of Topliss-reactive ketones (excluding diaryl/α,β-unsaturated/α-hetero) is 1. The van der Waals surface area contributed by atoms with Gasteiger partial charge >= 0.3 is 0 Å². The molecule has 0 aliphatic rings. The van der Waals surface area contributed by atoms with Gasteiger partial charge in [-0.15, -0.1) is 11.3 Å². The van der Waals surface area contributed by atoms with Crippen molar-refractivity contribution in [1.29, 1.82) is 0 Å². The lowest BCUT2D eigenvalue weighted by atomic mass is 10.1. The SMILES string of the molecule is COc1ccc(C(=O)CSc2nc(CC(=O)Nc3cc(Cl)ccc3C)cs2)cc1. The van der Waals surface area contributed by atoms with E-state index in [4.69, 9.17) is 16.3 Å². The molecule has 0 aliphatic carbocycles. The topological polar surface area (TPSA) is 68.3 Å². The van der Waals surface area contributed by atoms with Crippen molar-refractivity contribution in [2.75, 3.05) is 18.2 Å². The third kappa shape index (κ3) is 6.06. The molecule has 5 nitrogen and oxygen atoms in total. The molecule has 0 saturated heterocycles. The molecule has 0 unspecified atom stereocenters. The highest BCUT2D eigenvalue weighted by Gasteiger charge is 2.12. The summed E-state index contributed by atoms with van der Waals surface area (Å²) in [5, 5.41) is 5.27. The molecule has 0 spiro atoms. The van der Waals surface area contributed by atoms with E-state index in [9.17, 15) is 9.59 Å². The number of hydrogen-bond acceptors (Lipinski definition) is 6. The average Bonchev–Trinajstić information content (AvgIpc) is 3.16. The Morgan fingerprint density at radius 3 is 2.69 bits per heavy atom. The fourth-order valence-electron chi connectivity index (χ4n) is 2.51. The van der Waals surface area contributed by atoms with E-state index in [0.717, 1.165) is 9.90 Å². The van der Waals surface area contributed by atoms with Crippen molar-refractivity contribution in [3.05, 3.63) is 69.7 Å². The van der Waals surface area contributed by atoms with Crippen molar-refractivity contribution in [2.24, 2.45) is 0 Å². The number of methoxy groups -OCH3 is 1. The highest BCUT2D eigenvalue weighted by Crippen LogP contribution is 2.25. The normalized spacial score (nSPS) is 10.6. The Bertz CT molecular complexity index is 1020. The fraction of sp³-hybridized carbons (Fsp3) is 0.190. The highest BCUT2D eigenvalue weighted by molar-refractivity contribution is 8.01. The van der Waals surface area contributed by atoms with Crippen LogP contribution in [0.4, 0.5) is 5.69 Å². The van der Waals surface area contributed by atoms with E-state index in [0.29, 0.717) is 27.7 Å². The predicted octanol–water partition coefficient (Wildman–Crippen LogP) is 5.27. The molecule has 29 heavy (non-hydrogen) atoms. The molecule has 0 radical (unpaired) electrons. The minimum atomic E-state index is -0.161. The number of ether oxygens (including phenoxy) is 1. The number of anilines is 1. The number of carbonyl (C=O) groups is 2. The third-order valence-electron chi connectivity index (χ3n) is 4.08. The first-order valence-electron chi connectivity index (χ1n) is 8.75. The van der Waals surface area contributed by atoms with Crippen LogP contribution in [0.25, 0.3) is 0 Å². The van der Waals surface area contributed by atoms with Gasteiger partial charge in [-0.3, -0.25) is 9.59 Å². The summed E-state index contributed by atoms with van der Waals surface area (Å²) < 4.78 is 5.86. The number of thiazole rings is 1. The monoisotopic (exact) mass is 446 g/mol. The van der Waals surface area contributed by atoms with E-state index in [1.54, 1.807) is 43.5 Å². The maximum absolute atomic E-state index is 12.3. The number of carbonyl (C=O) groups excluding carboxylic acids is 2. The molecule has 8 heteroatoms. The van der Waals surface area contributed by atoms with Gasteiger partial charge < -0.3 is 10.1 Å². The Morgan fingerprint density at radius 2 is 1.97 bits per heavy atom. The molecular weight excluding hydrogens is 428 g/mol. The number of nitrogens with zero attached hydrogens (tertiary/aromatic N) is 1. The quantitative estimate of drug-likeness (QED) is 0.377. The van der Waals surface area contributed by atoms with E-state index in [1.165, 1.54) is 23.1 Å². The molecule has 1 amide bonds. The molecule has 0 bridgehead atoms. The maximum atomic E-state index is 12.3. The van der Waals surface area contributed by atoms with Crippen molar-refractivity contribution in [3.8, 4) is 5.75 Å². The molecule has 0 aliphatic heterocycles. The molecule has 150 valence electrons. The van der Waals surface area contributed by atoms with Gasteiger partial charge in [-0.25, -0.2) is 4.98 Å². The number of aryl methyl sites for hydroxylation is 1. The summed E-state index contributed by atoms with van der Waals surface area (Å²) >= 11 is 8.78. The van der Waals surface area contributed by atoms with Crippen molar-refractivity contribution in [2.45, 2.75) is 17.7 Å². The smallest absolute Gasteiger partial charge is 0.230 e. The molecule has 0 saturated carbocycles. The van der Waals surface area contributed by atoms with E-state index < -0.39 is 0 Å². The molecular formula is C21H19ClN2O3S2. The zero-order valence-corrected chi connectivity index (χ0v) is 18.3. The summed E-state index contributed by atoms with van der Waals surface area (Å²) in [6, 6.07) is 12.4. The van der Waals surface area contributed by atoms with Gasteiger partial charge in [0.05, 0.1) is 25.0 Å². The summed E-state index contributed by atoms with van der Waals surface area (Å²) in [5.41, 5.74) is 2.93. The summed E-state index contributed by atoms with van der Waals surface area (Å²) in [6.45, 7) is 1.91. The minimum absolute atomic E-state index is 0.0172. The Kier molecular flexibility index (Phi) is 7.30. The van der Waals surface area contributed by atoms with E-state index in [2.05, 4.69) is 10.3 Å². The Labute approximate surface area is 182 Å². The van der Waals surface area contributed by atoms with Gasteiger partial charge in [0.1, 0.15) is 5.75 Å². The lowest BCUT2D eigenvalue weighted by Crippen LogP contribution is -2.15. The van der Waals surface area contributed by atoms with Crippen LogP contribution < -0.4 is 10.1 Å². The van der Waals surface area contributed by atoms with Crippen LogP contribution in [0.2, 0.25) is 5.02 Å².